The average Bonchev–Trinajstić information content (AvgIpc) is 3.06. The van der Waals surface area contributed by atoms with Crippen LogP contribution >= 0.6 is 23.1 Å². The summed E-state index contributed by atoms with van der Waals surface area (Å²) in [6.45, 7) is 6.22. The van der Waals surface area contributed by atoms with Gasteiger partial charge in [-0.1, -0.05) is 47.7 Å². The fourth-order valence-corrected chi connectivity index (χ4v) is 5.36. The minimum Gasteiger partial charge on any atom is -0.465 e. The van der Waals surface area contributed by atoms with E-state index in [2.05, 4.69) is 23.2 Å². The van der Waals surface area contributed by atoms with Crippen molar-refractivity contribution >= 4 is 45.2 Å². The van der Waals surface area contributed by atoms with Crippen LogP contribution in [0.1, 0.15) is 36.5 Å². The van der Waals surface area contributed by atoms with Crippen LogP contribution in [0.2, 0.25) is 0 Å². The van der Waals surface area contributed by atoms with Crippen LogP contribution in [0, 0.1) is 13.8 Å². The molecule has 31 heavy (non-hydrogen) atoms. The molecule has 0 fully saturated rings. The predicted molar refractivity (Wildman–Crippen MR) is 128 cm³/mol. The number of benzene rings is 2. The lowest BCUT2D eigenvalue weighted by Crippen LogP contribution is -2.23. The number of ether oxygens (including phenoxy) is 1. The van der Waals surface area contributed by atoms with E-state index in [1.54, 1.807) is 11.5 Å². The van der Waals surface area contributed by atoms with Crippen molar-refractivity contribution in [3.8, 4) is 0 Å². The van der Waals surface area contributed by atoms with Gasteiger partial charge in [0.15, 0.2) is 4.80 Å². The Hall–Kier alpha value is -2.38. The molecule has 164 valence electrons. The number of hydrogen-bond donors (Lipinski definition) is 0. The van der Waals surface area contributed by atoms with Gasteiger partial charge < -0.3 is 9.30 Å². The molecule has 0 aliphatic rings. The van der Waals surface area contributed by atoms with E-state index in [1.807, 2.05) is 49.9 Å². The molecule has 0 radical (unpaired) electrons. The Balaban J connectivity index is 1.71. The molecule has 1 heterocycles. The number of carbonyl (C=O) groups is 2. The fraction of sp³-hybridized carbons (Fsp3) is 0.375. The third kappa shape index (κ3) is 6.55. The van der Waals surface area contributed by atoms with Crippen LogP contribution in [-0.2, 0) is 26.6 Å². The van der Waals surface area contributed by atoms with Crippen molar-refractivity contribution in [3.63, 3.8) is 0 Å². The fourth-order valence-electron chi connectivity index (χ4n) is 3.34. The van der Waals surface area contributed by atoms with E-state index in [0.717, 1.165) is 39.3 Å². The van der Waals surface area contributed by atoms with Crippen LogP contribution in [-0.4, -0.2) is 28.8 Å². The Kier molecular flexibility index (Phi) is 8.49. The van der Waals surface area contributed by atoms with E-state index < -0.39 is 0 Å². The van der Waals surface area contributed by atoms with Crippen molar-refractivity contribution in [2.24, 2.45) is 4.99 Å². The minimum atomic E-state index is -0.326. The normalized spacial score (nSPS) is 11.8. The molecule has 0 unspecified atom stereocenters. The number of aromatic nitrogens is 1. The van der Waals surface area contributed by atoms with Gasteiger partial charge in [0.05, 0.1) is 16.8 Å². The summed E-state index contributed by atoms with van der Waals surface area (Å²) in [5.74, 6) is 1.37. The zero-order valence-corrected chi connectivity index (χ0v) is 19.9. The second-order valence-corrected chi connectivity index (χ2v) is 9.44. The maximum Gasteiger partial charge on any atom is 0.326 e. The zero-order chi connectivity index (χ0) is 22.2. The summed E-state index contributed by atoms with van der Waals surface area (Å²) < 4.78 is 7.98. The van der Waals surface area contributed by atoms with Crippen LogP contribution in [0.15, 0.2) is 47.5 Å². The van der Waals surface area contributed by atoms with E-state index >= 15 is 0 Å². The van der Waals surface area contributed by atoms with E-state index in [9.17, 15) is 9.59 Å². The molecule has 0 saturated carbocycles. The summed E-state index contributed by atoms with van der Waals surface area (Å²) in [6.07, 6.45) is 1.17. The number of hydrogen-bond acceptors (Lipinski definition) is 5. The first-order chi connectivity index (χ1) is 15.0. The highest BCUT2D eigenvalue weighted by Crippen LogP contribution is 2.23. The number of nitrogens with zero attached hydrogens (tertiary/aromatic N) is 2. The Bertz CT molecular complexity index is 1120. The molecular weight excluding hydrogens is 428 g/mol. The van der Waals surface area contributed by atoms with Crippen molar-refractivity contribution in [2.45, 2.75) is 45.9 Å². The van der Waals surface area contributed by atoms with Gasteiger partial charge >= 0.3 is 5.97 Å². The Labute approximate surface area is 191 Å². The largest absolute Gasteiger partial charge is 0.465 e. The second-order valence-electron chi connectivity index (χ2n) is 7.35. The average molecular weight is 457 g/mol. The molecule has 5 nitrogen and oxygen atoms in total. The van der Waals surface area contributed by atoms with Crippen molar-refractivity contribution in [1.82, 2.24) is 4.57 Å². The van der Waals surface area contributed by atoms with Gasteiger partial charge in [-0.05, 0) is 55.7 Å². The number of thioether (sulfide) groups is 1. The van der Waals surface area contributed by atoms with Crippen molar-refractivity contribution < 1.29 is 14.3 Å². The molecule has 0 saturated heterocycles. The highest BCUT2D eigenvalue weighted by atomic mass is 32.2. The molecule has 0 spiro atoms. The molecule has 3 aromatic rings. The lowest BCUT2D eigenvalue weighted by atomic mass is 10.1. The molecule has 0 aliphatic carbocycles. The van der Waals surface area contributed by atoms with Crippen molar-refractivity contribution in [2.75, 3.05) is 12.4 Å². The molecule has 0 aliphatic heterocycles. The molecule has 1 amide bonds. The number of aryl methyl sites for hydroxylation is 2. The summed E-state index contributed by atoms with van der Waals surface area (Å²) in [6, 6.07) is 14.4. The molecule has 0 bridgehead atoms. The summed E-state index contributed by atoms with van der Waals surface area (Å²) >= 11 is 3.27. The van der Waals surface area contributed by atoms with Gasteiger partial charge in [0.25, 0.3) is 0 Å². The third-order valence-electron chi connectivity index (χ3n) is 4.72. The van der Waals surface area contributed by atoms with Gasteiger partial charge in [0.2, 0.25) is 5.91 Å². The second kappa shape index (κ2) is 11.3. The van der Waals surface area contributed by atoms with E-state index in [-0.39, 0.29) is 18.4 Å². The quantitative estimate of drug-likeness (QED) is 0.335. The number of carbonyl (C=O) groups excluding carboxylic acids is 2. The Morgan fingerprint density at radius 2 is 1.94 bits per heavy atom. The van der Waals surface area contributed by atoms with Crippen molar-refractivity contribution in [3.05, 3.63) is 64.0 Å². The SMILES string of the molecule is CCOC(=O)Cn1c(=NC(=O)CCCSCc2ccccc2)sc2c(C)cc(C)cc21. The van der Waals surface area contributed by atoms with Crippen LogP contribution in [0.25, 0.3) is 10.2 Å². The topological polar surface area (TPSA) is 60.7 Å². The maximum atomic E-state index is 12.5. The van der Waals surface area contributed by atoms with Gasteiger partial charge in [-0.15, -0.1) is 0 Å². The van der Waals surface area contributed by atoms with Gasteiger partial charge in [0, 0.05) is 12.2 Å². The first kappa shape index (κ1) is 23.3. The van der Waals surface area contributed by atoms with E-state index in [4.69, 9.17) is 4.74 Å². The molecule has 1 aromatic heterocycles. The summed E-state index contributed by atoms with van der Waals surface area (Å²) in [5, 5.41) is 0. The summed E-state index contributed by atoms with van der Waals surface area (Å²) in [4.78, 5) is 29.6. The third-order valence-corrected chi connectivity index (χ3v) is 7.06. The lowest BCUT2D eigenvalue weighted by molar-refractivity contribution is -0.143. The molecule has 2 aromatic carbocycles. The highest BCUT2D eigenvalue weighted by molar-refractivity contribution is 7.98. The Morgan fingerprint density at radius 1 is 1.16 bits per heavy atom. The van der Waals surface area contributed by atoms with Gasteiger partial charge in [-0.3, -0.25) is 9.59 Å². The highest BCUT2D eigenvalue weighted by Gasteiger charge is 2.14. The predicted octanol–water partition coefficient (Wildman–Crippen LogP) is 5.02. The first-order valence-electron chi connectivity index (χ1n) is 10.4. The number of rotatable bonds is 9. The lowest BCUT2D eigenvalue weighted by Gasteiger charge is -2.06. The number of amides is 1. The van der Waals surface area contributed by atoms with Crippen LogP contribution in [0.4, 0.5) is 0 Å². The minimum absolute atomic E-state index is 0.0514. The first-order valence-corrected chi connectivity index (χ1v) is 12.4. The summed E-state index contributed by atoms with van der Waals surface area (Å²) in [7, 11) is 0. The Morgan fingerprint density at radius 3 is 2.68 bits per heavy atom. The van der Waals surface area contributed by atoms with Gasteiger partial charge in [-0.2, -0.15) is 16.8 Å². The van der Waals surface area contributed by atoms with Crippen LogP contribution in [0.3, 0.4) is 0 Å². The van der Waals surface area contributed by atoms with E-state index in [0.29, 0.717) is 17.8 Å². The maximum absolute atomic E-state index is 12.5. The monoisotopic (exact) mass is 456 g/mol. The standard InChI is InChI=1S/C24H28N2O3S2/c1-4-29-22(28)15-26-20-14-17(2)13-18(3)23(20)31-24(26)25-21(27)11-8-12-30-16-19-9-6-5-7-10-19/h5-7,9-10,13-14H,4,8,11-12,15-16H2,1-3H3. The summed E-state index contributed by atoms with van der Waals surface area (Å²) in [5.41, 5.74) is 4.43. The number of thiazole rings is 1. The number of fused-ring (bicyclic) bond motifs is 1. The molecular formula is C24H28N2O3S2. The molecule has 7 heteroatoms. The smallest absolute Gasteiger partial charge is 0.326 e. The molecule has 3 rings (SSSR count). The number of esters is 1. The van der Waals surface area contributed by atoms with E-state index in [1.165, 1.54) is 16.9 Å². The molecule has 0 atom stereocenters. The molecule has 0 N–H and O–H groups in total. The van der Waals surface area contributed by atoms with Crippen LogP contribution in [0.5, 0.6) is 0 Å². The van der Waals surface area contributed by atoms with Gasteiger partial charge in [-0.25, -0.2) is 0 Å². The van der Waals surface area contributed by atoms with Crippen LogP contribution < -0.4 is 4.80 Å². The zero-order valence-electron chi connectivity index (χ0n) is 18.2. The van der Waals surface area contributed by atoms with Crippen molar-refractivity contribution in [1.29, 1.82) is 0 Å². The van der Waals surface area contributed by atoms with Gasteiger partial charge in [0.1, 0.15) is 6.54 Å².